The molecule has 0 unspecified atom stereocenters. The average Bonchev–Trinajstić information content (AvgIpc) is 2.59. The fourth-order valence-corrected chi connectivity index (χ4v) is 2.17. The number of carbonyl (C=O) groups excluding carboxylic acids is 1. The molecule has 1 aromatic carbocycles. The maximum Gasteiger partial charge on any atom is 0.414 e. The van der Waals surface area contributed by atoms with Crippen molar-refractivity contribution in [3.05, 3.63) is 52.2 Å². The first-order valence-electron chi connectivity index (χ1n) is 8.11. The number of amides is 1. The molecular weight excluding hydrogens is 370 g/mol. The number of carboxylic acid groups (broad SMARTS) is 1. The molecule has 2 aromatic rings. The number of aromatic nitrogens is 1. The van der Waals surface area contributed by atoms with E-state index in [1.807, 2.05) is 0 Å². The van der Waals surface area contributed by atoms with Gasteiger partial charge in [-0.15, -0.1) is 0 Å². The minimum atomic E-state index is -1.24. The van der Waals surface area contributed by atoms with E-state index in [0.29, 0.717) is 0 Å². The third-order valence-electron chi connectivity index (χ3n) is 3.39. The number of carboxylic acids is 1. The number of nitro groups is 1. The minimum Gasteiger partial charge on any atom is -0.477 e. The van der Waals surface area contributed by atoms with Crippen LogP contribution in [-0.4, -0.2) is 39.7 Å². The highest BCUT2D eigenvalue weighted by Crippen LogP contribution is 2.34. The molecule has 0 saturated heterocycles. The molecule has 10 heteroatoms. The lowest BCUT2D eigenvalue weighted by Gasteiger charge is -2.24. The highest BCUT2D eigenvalue weighted by molar-refractivity contribution is 5.91. The first-order chi connectivity index (χ1) is 13.0. The molecule has 10 nitrogen and oxygen atoms in total. The van der Waals surface area contributed by atoms with Gasteiger partial charge in [0.25, 0.3) is 5.69 Å². The topological polar surface area (TPSA) is 132 Å². The summed E-state index contributed by atoms with van der Waals surface area (Å²) in [4.78, 5) is 39.1. The van der Waals surface area contributed by atoms with E-state index in [0.717, 1.165) is 11.0 Å². The van der Waals surface area contributed by atoms with Crippen LogP contribution in [-0.2, 0) is 4.74 Å². The highest BCUT2D eigenvalue weighted by Gasteiger charge is 2.27. The molecule has 0 spiro atoms. The number of benzene rings is 1. The van der Waals surface area contributed by atoms with Crippen molar-refractivity contribution in [2.45, 2.75) is 26.4 Å². The molecule has 0 fully saturated rings. The summed E-state index contributed by atoms with van der Waals surface area (Å²) in [5, 5.41) is 20.5. The number of pyridine rings is 1. The van der Waals surface area contributed by atoms with Crippen LogP contribution in [0.5, 0.6) is 11.6 Å². The van der Waals surface area contributed by atoms with Gasteiger partial charge >= 0.3 is 12.1 Å². The van der Waals surface area contributed by atoms with E-state index in [2.05, 4.69) is 4.98 Å². The van der Waals surface area contributed by atoms with Crippen molar-refractivity contribution in [3.63, 3.8) is 0 Å². The first-order valence-corrected chi connectivity index (χ1v) is 8.11. The van der Waals surface area contributed by atoms with Crippen LogP contribution in [0.25, 0.3) is 0 Å². The van der Waals surface area contributed by atoms with Gasteiger partial charge in [0.2, 0.25) is 5.88 Å². The second kappa shape index (κ2) is 7.91. The fourth-order valence-electron chi connectivity index (χ4n) is 2.17. The average molecular weight is 389 g/mol. The van der Waals surface area contributed by atoms with Crippen LogP contribution in [0.3, 0.4) is 0 Å². The predicted octanol–water partition coefficient (Wildman–Crippen LogP) is 3.85. The lowest BCUT2D eigenvalue weighted by atomic mass is 10.2. The standard InChI is InChI=1S/C18H19N3O7/c1-18(2,3)28-17(24)20(4)14-10-11(7-8-13(14)21(25)26)27-15-12(16(22)23)6-5-9-19-15/h5-10H,1-4H3,(H,22,23). The van der Waals surface area contributed by atoms with Crippen LogP contribution in [0.2, 0.25) is 0 Å². The summed E-state index contributed by atoms with van der Waals surface area (Å²) in [6.45, 7) is 5.00. The van der Waals surface area contributed by atoms with E-state index in [1.54, 1.807) is 20.8 Å². The summed E-state index contributed by atoms with van der Waals surface area (Å²) in [5.41, 5.74) is -1.40. The van der Waals surface area contributed by atoms with E-state index < -0.39 is 22.6 Å². The second-order valence-electron chi connectivity index (χ2n) is 6.71. The molecule has 28 heavy (non-hydrogen) atoms. The third kappa shape index (κ3) is 4.93. The lowest BCUT2D eigenvalue weighted by Crippen LogP contribution is -2.34. The van der Waals surface area contributed by atoms with Gasteiger partial charge in [-0.25, -0.2) is 14.6 Å². The highest BCUT2D eigenvalue weighted by atomic mass is 16.6. The van der Waals surface area contributed by atoms with Crippen LogP contribution >= 0.6 is 0 Å². The van der Waals surface area contributed by atoms with Gasteiger partial charge in [-0.1, -0.05) is 0 Å². The Morgan fingerprint density at radius 2 is 1.93 bits per heavy atom. The van der Waals surface area contributed by atoms with Crippen LogP contribution in [0, 0.1) is 10.1 Å². The number of hydrogen-bond acceptors (Lipinski definition) is 7. The number of aromatic carboxylic acids is 1. The zero-order valence-electron chi connectivity index (χ0n) is 15.7. The Morgan fingerprint density at radius 3 is 2.50 bits per heavy atom. The molecule has 0 saturated carbocycles. The Kier molecular flexibility index (Phi) is 5.82. The Morgan fingerprint density at radius 1 is 1.25 bits per heavy atom. The molecule has 1 heterocycles. The number of hydrogen-bond donors (Lipinski definition) is 1. The monoisotopic (exact) mass is 389 g/mol. The molecular formula is C18H19N3O7. The molecule has 2 rings (SSSR count). The minimum absolute atomic E-state index is 0.0669. The third-order valence-corrected chi connectivity index (χ3v) is 3.39. The Bertz CT molecular complexity index is 922. The van der Waals surface area contributed by atoms with Crippen molar-refractivity contribution in [1.82, 2.24) is 4.98 Å². The van der Waals surface area contributed by atoms with Gasteiger partial charge in [0.15, 0.2) is 0 Å². The summed E-state index contributed by atoms with van der Waals surface area (Å²) in [7, 11) is 1.32. The maximum atomic E-state index is 12.3. The molecule has 0 atom stereocenters. The number of nitrogens with zero attached hydrogens (tertiary/aromatic N) is 3. The molecule has 0 bridgehead atoms. The van der Waals surface area contributed by atoms with Crippen LogP contribution in [0.1, 0.15) is 31.1 Å². The molecule has 148 valence electrons. The molecule has 0 aliphatic rings. The van der Waals surface area contributed by atoms with E-state index in [9.17, 15) is 24.8 Å². The largest absolute Gasteiger partial charge is 0.477 e. The van der Waals surface area contributed by atoms with E-state index in [-0.39, 0.29) is 28.6 Å². The van der Waals surface area contributed by atoms with Crippen LogP contribution < -0.4 is 9.64 Å². The van der Waals surface area contributed by atoms with Crippen LogP contribution in [0.15, 0.2) is 36.5 Å². The lowest BCUT2D eigenvalue weighted by molar-refractivity contribution is -0.384. The molecule has 1 N–H and O–H groups in total. The number of anilines is 1. The molecule has 0 radical (unpaired) electrons. The summed E-state index contributed by atoms with van der Waals surface area (Å²) in [6, 6.07) is 6.42. The van der Waals surface area contributed by atoms with Crippen LogP contribution in [0.4, 0.5) is 16.2 Å². The van der Waals surface area contributed by atoms with Crippen molar-refractivity contribution in [2.75, 3.05) is 11.9 Å². The quantitative estimate of drug-likeness (QED) is 0.602. The Balaban J connectivity index is 2.42. The van der Waals surface area contributed by atoms with Gasteiger partial charge in [0.05, 0.1) is 4.92 Å². The summed E-state index contributed by atoms with van der Waals surface area (Å²) >= 11 is 0. The van der Waals surface area contributed by atoms with Crippen molar-refractivity contribution >= 4 is 23.4 Å². The number of nitro benzene ring substituents is 1. The van der Waals surface area contributed by atoms with E-state index in [4.69, 9.17) is 9.47 Å². The summed E-state index contributed by atoms with van der Waals surface area (Å²) in [6.07, 6.45) is 0.553. The Labute approximate surface area is 160 Å². The van der Waals surface area contributed by atoms with Crippen molar-refractivity contribution < 1.29 is 29.1 Å². The van der Waals surface area contributed by atoms with Gasteiger partial charge in [-0.05, 0) is 39.0 Å². The van der Waals surface area contributed by atoms with Gasteiger partial charge in [-0.2, -0.15) is 0 Å². The zero-order valence-corrected chi connectivity index (χ0v) is 15.7. The number of rotatable bonds is 5. The van der Waals surface area contributed by atoms with Crippen molar-refractivity contribution in [1.29, 1.82) is 0 Å². The number of carbonyl (C=O) groups is 2. The second-order valence-corrected chi connectivity index (χ2v) is 6.71. The van der Waals surface area contributed by atoms with E-state index >= 15 is 0 Å². The summed E-state index contributed by atoms with van der Waals surface area (Å²) in [5.74, 6) is -1.36. The maximum absolute atomic E-state index is 12.3. The first kappa shape index (κ1) is 20.6. The smallest absolute Gasteiger partial charge is 0.414 e. The molecule has 0 aliphatic heterocycles. The Hall–Kier alpha value is -3.69. The van der Waals surface area contributed by atoms with Gasteiger partial charge in [0, 0.05) is 25.4 Å². The van der Waals surface area contributed by atoms with Gasteiger partial charge in [0.1, 0.15) is 22.6 Å². The fraction of sp³-hybridized carbons (Fsp3) is 0.278. The van der Waals surface area contributed by atoms with E-state index in [1.165, 1.54) is 37.5 Å². The predicted molar refractivity (Wildman–Crippen MR) is 99.0 cm³/mol. The molecule has 0 aliphatic carbocycles. The van der Waals surface area contributed by atoms with Gasteiger partial charge < -0.3 is 14.6 Å². The molecule has 1 aromatic heterocycles. The zero-order chi connectivity index (χ0) is 21.1. The van der Waals surface area contributed by atoms with Crippen molar-refractivity contribution in [3.8, 4) is 11.6 Å². The SMILES string of the molecule is CN(C(=O)OC(C)(C)C)c1cc(Oc2ncccc2C(=O)O)ccc1[N+](=O)[O-]. The van der Waals surface area contributed by atoms with Crippen molar-refractivity contribution in [2.24, 2.45) is 0 Å². The van der Waals surface area contributed by atoms with Gasteiger partial charge in [-0.3, -0.25) is 15.0 Å². The number of ether oxygens (including phenoxy) is 2. The summed E-state index contributed by atoms with van der Waals surface area (Å²) < 4.78 is 10.7. The normalized spacial score (nSPS) is 10.9. The molecule has 1 amide bonds.